The van der Waals surface area contributed by atoms with Gasteiger partial charge in [0, 0.05) is 18.7 Å². The van der Waals surface area contributed by atoms with E-state index in [1.54, 1.807) is 36.4 Å². The minimum atomic E-state index is -3.58. The summed E-state index contributed by atoms with van der Waals surface area (Å²) in [6.45, 7) is 3.95. The number of ether oxygens (including phenoxy) is 2. The fourth-order valence-electron chi connectivity index (χ4n) is 4.12. The van der Waals surface area contributed by atoms with Crippen LogP contribution in [-0.4, -0.2) is 72.8 Å². The Bertz CT molecular complexity index is 1500. The van der Waals surface area contributed by atoms with Crippen molar-refractivity contribution in [2.24, 2.45) is 0 Å². The highest BCUT2D eigenvalue weighted by molar-refractivity contribution is 7.92. The van der Waals surface area contributed by atoms with Crippen LogP contribution in [0.1, 0.15) is 21.5 Å². The molecule has 1 aliphatic heterocycles. The molecule has 0 aliphatic carbocycles. The molecule has 1 fully saturated rings. The van der Waals surface area contributed by atoms with E-state index in [-0.39, 0.29) is 30.5 Å². The van der Waals surface area contributed by atoms with Crippen molar-refractivity contribution in [1.82, 2.24) is 9.62 Å². The van der Waals surface area contributed by atoms with Gasteiger partial charge in [0.25, 0.3) is 5.91 Å². The molecule has 1 heterocycles. The molecule has 0 unspecified atom stereocenters. The lowest BCUT2D eigenvalue weighted by Gasteiger charge is -2.26. The van der Waals surface area contributed by atoms with Crippen molar-refractivity contribution in [2.45, 2.75) is 18.4 Å². The molecule has 0 aromatic heterocycles. The average molecular weight is 588 g/mol. The van der Waals surface area contributed by atoms with Gasteiger partial charge in [-0.3, -0.25) is 9.10 Å². The molecular formula is C28H33N3O7S2. The molecule has 1 saturated heterocycles. The summed E-state index contributed by atoms with van der Waals surface area (Å²) in [7, 11) is -7.12. The summed E-state index contributed by atoms with van der Waals surface area (Å²) in [5.74, 6) is 0.153. The van der Waals surface area contributed by atoms with E-state index >= 15 is 0 Å². The normalized spacial score (nSPS) is 14.4. The maximum atomic E-state index is 12.7. The Labute approximate surface area is 235 Å². The van der Waals surface area contributed by atoms with Crippen LogP contribution >= 0.6 is 0 Å². The van der Waals surface area contributed by atoms with Crippen molar-refractivity contribution in [3.63, 3.8) is 0 Å². The molecule has 3 aromatic carbocycles. The van der Waals surface area contributed by atoms with Crippen LogP contribution in [0, 0.1) is 6.92 Å². The number of carbonyl (C=O) groups excluding carboxylic acids is 1. The van der Waals surface area contributed by atoms with Crippen LogP contribution in [0.25, 0.3) is 0 Å². The first-order valence-corrected chi connectivity index (χ1v) is 16.1. The predicted octanol–water partition coefficient (Wildman–Crippen LogP) is 2.79. The largest absolute Gasteiger partial charge is 0.492 e. The van der Waals surface area contributed by atoms with Gasteiger partial charge < -0.3 is 14.8 Å². The standard InChI is InChI=1S/C28H33N3O7S2/c1-22-3-5-23(6-4-22)21-31(39(2,33)34)25-9-7-24(8-10-25)28(32)29-15-18-38-26-11-13-27(14-12-26)40(35,36)30-16-19-37-20-17-30/h3-14H,15-21H2,1-2H3,(H,29,32). The highest BCUT2D eigenvalue weighted by Gasteiger charge is 2.26. The number of amides is 1. The second-order valence-corrected chi connectivity index (χ2v) is 13.2. The molecule has 10 nitrogen and oxygen atoms in total. The second kappa shape index (κ2) is 12.8. The van der Waals surface area contributed by atoms with Gasteiger partial charge in [-0.05, 0) is 61.0 Å². The Balaban J connectivity index is 1.28. The van der Waals surface area contributed by atoms with E-state index in [4.69, 9.17) is 9.47 Å². The number of rotatable bonds is 11. The third kappa shape index (κ3) is 7.60. The second-order valence-electron chi connectivity index (χ2n) is 9.39. The van der Waals surface area contributed by atoms with E-state index in [2.05, 4.69) is 5.32 Å². The predicted molar refractivity (Wildman–Crippen MR) is 152 cm³/mol. The highest BCUT2D eigenvalue weighted by Crippen LogP contribution is 2.22. The molecule has 0 saturated carbocycles. The topological polar surface area (TPSA) is 122 Å². The Morgan fingerprint density at radius 3 is 2.15 bits per heavy atom. The first kappa shape index (κ1) is 29.5. The molecule has 3 aromatic rings. The van der Waals surface area contributed by atoms with Crippen molar-refractivity contribution in [3.8, 4) is 5.75 Å². The molecule has 0 spiro atoms. The van der Waals surface area contributed by atoms with Gasteiger partial charge in [0.1, 0.15) is 12.4 Å². The zero-order chi connectivity index (χ0) is 28.8. The SMILES string of the molecule is Cc1ccc(CN(c2ccc(C(=O)NCCOc3ccc(S(=O)(=O)N4CCOCC4)cc3)cc2)S(C)(=O)=O)cc1. The number of benzene rings is 3. The summed E-state index contributed by atoms with van der Waals surface area (Å²) in [5.41, 5.74) is 2.78. The number of nitrogens with zero attached hydrogens (tertiary/aromatic N) is 2. The van der Waals surface area contributed by atoms with Gasteiger partial charge in [-0.2, -0.15) is 4.31 Å². The molecule has 1 amide bonds. The summed E-state index contributed by atoms with van der Waals surface area (Å²) in [4.78, 5) is 12.8. The van der Waals surface area contributed by atoms with Gasteiger partial charge in [-0.25, -0.2) is 16.8 Å². The van der Waals surface area contributed by atoms with Crippen molar-refractivity contribution in [1.29, 1.82) is 0 Å². The molecular weight excluding hydrogens is 554 g/mol. The smallest absolute Gasteiger partial charge is 0.251 e. The molecule has 214 valence electrons. The molecule has 1 N–H and O–H groups in total. The first-order valence-electron chi connectivity index (χ1n) is 12.8. The number of aryl methyl sites for hydroxylation is 1. The third-order valence-corrected chi connectivity index (χ3v) is 9.41. The van der Waals surface area contributed by atoms with Gasteiger partial charge in [0.2, 0.25) is 20.0 Å². The van der Waals surface area contributed by atoms with Crippen LogP contribution < -0.4 is 14.4 Å². The summed E-state index contributed by atoms with van der Waals surface area (Å²) in [6, 6.07) is 20.2. The molecule has 4 rings (SSSR count). The summed E-state index contributed by atoms with van der Waals surface area (Å²) in [6.07, 6.45) is 1.15. The zero-order valence-electron chi connectivity index (χ0n) is 22.4. The number of sulfonamides is 2. The van der Waals surface area contributed by atoms with E-state index in [1.165, 1.54) is 20.7 Å². The fraction of sp³-hybridized carbons (Fsp3) is 0.321. The van der Waals surface area contributed by atoms with E-state index < -0.39 is 20.0 Å². The molecule has 1 aliphatic rings. The van der Waals surface area contributed by atoms with Gasteiger partial charge in [0.05, 0.1) is 43.1 Å². The lowest BCUT2D eigenvalue weighted by molar-refractivity contribution is 0.0730. The van der Waals surface area contributed by atoms with Crippen LogP contribution in [0.3, 0.4) is 0 Å². The van der Waals surface area contributed by atoms with Crippen molar-refractivity contribution in [2.75, 3.05) is 50.0 Å². The van der Waals surface area contributed by atoms with Crippen molar-refractivity contribution < 1.29 is 31.1 Å². The van der Waals surface area contributed by atoms with Crippen molar-refractivity contribution >= 4 is 31.6 Å². The lowest BCUT2D eigenvalue weighted by Crippen LogP contribution is -2.40. The van der Waals surface area contributed by atoms with Crippen LogP contribution in [0.2, 0.25) is 0 Å². The molecule has 12 heteroatoms. The summed E-state index contributed by atoms with van der Waals surface area (Å²) in [5, 5.41) is 2.76. The number of carbonyl (C=O) groups is 1. The number of morpholine rings is 1. The van der Waals surface area contributed by atoms with Crippen LogP contribution in [0.5, 0.6) is 5.75 Å². The van der Waals surface area contributed by atoms with E-state index in [9.17, 15) is 21.6 Å². The van der Waals surface area contributed by atoms with Crippen LogP contribution in [0.4, 0.5) is 5.69 Å². The van der Waals surface area contributed by atoms with Gasteiger partial charge in [-0.1, -0.05) is 29.8 Å². The maximum absolute atomic E-state index is 12.7. The minimum absolute atomic E-state index is 0.178. The maximum Gasteiger partial charge on any atom is 0.251 e. The fourth-order valence-corrected chi connectivity index (χ4v) is 6.41. The average Bonchev–Trinajstić information content (AvgIpc) is 2.95. The zero-order valence-corrected chi connectivity index (χ0v) is 24.1. The van der Waals surface area contributed by atoms with Gasteiger partial charge in [-0.15, -0.1) is 0 Å². The number of hydrogen-bond acceptors (Lipinski definition) is 7. The summed E-state index contributed by atoms with van der Waals surface area (Å²) >= 11 is 0. The molecule has 0 bridgehead atoms. The van der Waals surface area contributed by atoms with Crippen LogP contribution in [0.15, 0.2) is 77.7 Å². The Kier molecular flexibility index (Phi) is 9.46. The van der Waals surface area contributed by atoms with E-state index in [0.29, 0.717) is 43.3 Å². The monoisotopic (exact) mass is 587 g/mol. The molecule has 0 radical (unpaired) electrons. The Morgan fingerprint density at radius 1 is 0.925 bits per heavy atom. The van der Waals surface area contributed by atoms with E-state index in [0.717, 1.165) is 17.4 Å². The Hall–Kier alpha value is -3.45. The number of anilines is 1. The quantitative estimate of drug-likeness (QED) is 0.343. The van der Waals surface area contributed by atoms with E-state index in [1.807, 2.05) is 31.2 Å². The number of hydrogen-bond donors (Lipinski definition) is 1. The third-order valence-electron chi connectivity index (χ3n) is 6.35. The van der Waals surface area contributed by atoms with Gasteiger partial charge in [0.15, 0.2) is 0 Å². The molecule has 0 atom stereocenters. The first-order chi connectivity index (χ1) is 19.0. The van der Waals surface area contributed by atoms with Gasteiger partial charge >= 0.3 is 0 Å². The minimum Gasteiger partial charge on any atom is -0.492 e. The Morgan fingerprint density at radius 2 is 1.55 bits per heavy atom. The van der Waals surface area contributed by atoms with Crippen LogP contribution in [-0.2, 0) is 31.3 Å². The lowest BCUT2D eigenvalue weighted by atomic mass is 10.1. The summed E-state index contributed by atoms with van der Waals surface area (Å²) < 4.78 is 63.9. The molecule has 40 heavy (non-hydrogen) atoms. The highest BCUT2D eigenvalue weighted by atomic mass is 32.2. The van der Waals surface area contributed by atoms with Crippen molar-refractivity contribution in [3.05, 3.63) is 89.5 Å². The number of nitrogens with one attached hydrogen (secondary N) is 1.